The molecule has 1 aliphatic carbocycles. The lowest BCUT2D eigenvalue weighted by Gasteiger charge is -2.36. The van der Waals surface area contributed by atoms with Crippen molar-refractivity contribution in [3.8, 4) is 11.5 Å². The second-order valence-corrected chi connectivity index (χ2v) is 7.66. The molecule has 1 aliphatic rings. The highest BCUT2D eigenvalue weighted by atomic mass is 16.5. The van der Waals surface area contributed by atoms with Gasteiger partial charge in [-0.25, -0.2) is 0 Å². The number of methoxy groups -OCH3 is 2. The van der Waals surface area contributed by atoms with E-state index in [2.05, 4.69) is 26.1 Å². The van der Waals surface area contributed by atoms with Crippen LogP contribution < -0.4 is 14.8 Å². The zero-order valence-corrected chi connectivity index (χ0v) is 16.3. The molecule has 4 heteroatoms. The Morgan fingerprint density at radius 3 is 2.56 bits per heavy atom. The summed E-state index contributed by atoms with van der Waals surface area (Å²) >= 11 is 0. The molecule has 0 unspecified atom stereocenters. The van der Waals surface area contributed by atoms with E-state index in [1.165, 1.54) is 12.8 Å². The third kappa shape index (κ3) is 5.13. The van der Waals surface area contributed by atoms with Crippen molar-refractivity contribution in [3.05, 3.63) is 23.8 Å². The summed E-state index contributed by atoms with van der Waals surface area (Å²) in [5, 5.41) is 3.16. The van der Waals surface area contributed by atoms with Crippen LogP contribution in [0, 0.1) is 23.7 Å². The number of hydrogen-bond acceptors (Lipinski definition) is 3. The van der Waals surface area contributed by atoms with Gasteiger partial charge in [-0.3, -0.25) is 4.79 Å². The summed E-state index contributed by atoms with van der Waals surface area (Å²) in [7, 11) is 3.27. The first kappa shape index (κ1) is 19.6. The Morgan fingerprint density at radius 1 is 1.20 bits per heavy atom. The summed E-state index contributed by atoms with van der Waals surface area (Å²) in [6.45, 7) is 7.40. The maximum atomic E-state index is 12.7. The third-order valence-corrected chi connectivity index (χ3v) is 5.52. The van der Waals surface area contributed by atoms with Gasteiger partial charge in [0.2, 0.25) is 5.91 Å². The molecule has 2 rings (SSSR count). The topological polar surface area (TPSA) is 47.6 Å². The zero-order valence-electron chi connectivity index (χ0n) is 16.3. The molecule has 0 spiro atoms. The number of carbonyl (C=O) groups is 1. The van der Waals surface area contributed by atoms with Gasteiger partial charge in [0.25, 0.3) is 0 Å². The zero-order chi connectivity index (χ0) is 18.4. The fraction of sp³-hybridized carbons (Fsp3) is 0.667. The number of hydrogen-bond donors (Lipinski definition) is 1. The molecule has 1 aromatic carbocycles. The number of amides is 1. The smallest absolute Gasteiger partial charge is 0.223 e. The van der Waals surface area contributed by atoms with Crippen molar-refractivity contribution in [2.75, 3.05) is 20.8 Å². The molecule has 1 saturated carbocycles. The van der Waals surface area contributed by atoms with Crippen LogP contribution in [0.15, 0.2) is 18.2 Å². The molecule has 0 bridgehead atoms. The average Bonchev–Trinajstić information content (AvgIpc) is 2.61. The number of nitrogens with one attached hydrogen (secondary N) is 1. The van der Waals surface area contributed by atoms with E-state index in [9.17, 15) is 4.79 Å². The minimum absolute atomic E-state index is 0.161. The summed E-state index contributed by atoms with van der Waals surface area (Å²) in [6, 6.07) is 5.91. The van der Waals surface area contributed by atoms with Gasteiger partial charge in [0.1, 0.15) is 0 Å². The van der Waals surface area contributed by atoms with E-state index in [1.54, 1.807) is 14.2 Å². The summed E-state index contributed by atoms with van der Waals surface area (Å²) in [5.74, 6) is 3.57. The molecule has 1 aromatic rings. The molecular formula is C21H33NO3. The van der Waals surface area contributed by atoms with Gasteiger partial charge < -0.3 is 14.8 Å². The van der Waals surface area contributed by atoms with E-state index in [4.69, 9.17) is 9.47 Å². The molecule has 0 heterocycles. The molecule has 140 valence electrons. The quantitative estimate of drug-likeness (QED) is 0.809. The normalized spacial score (nSPS) is 23.4. The maximum absolute atomic E-state index is 12.7. The Kier molecular flexibility index (Phi) is 7.15. The molecule has 0 radical (unpaired) electrons. The van der Waals surface area contributed by atoms with Crippen molar-refractivity contribution in [2.24, 2.45) is 23.7 Å². The number of benzene rings is 1. The Balaban J connectivity index is 1.91. The SMILES string of the molecule is COc1ccc(CCNC(=O)[C@@H]2C[C@H](C)CC[C@@H]2C(C)C)cc1OC. The number of ether oxygens (including phenoxy) is 2. The lowest BCUT2D eigenvalue weighted by atomic mass is 9.70. The Bertz CT molecular complexity index is 570. The molecular weight excluding hydrogens is 314 g/mol. The van der Waals surface area contributed by atoms with Gasteiger partial charge in [0, 0.05) is 12.5 Å². The van der Waals surface area contributed by atoms with Crippen LogP contribution in [-0.4, -0.2) is 26.7 Å². The summed E-state index contributed by atoms with van der Waals surface area (Å²) in [4.78, 5) is 12.7. The van der Waals surface area contributed by atoms with E-state index in [-0.39, 0.29) is 11.8 Å². The number of rotatable bonds is 7. The highest BCUT2D eigenvalue weighted by Gasteiger charge is 2.35. The predicted octanol–water partition coefficient (Wildman–Crippen LogP) is 4.07. The van der Waals surface area contributed by atoms with E-state index < -0.39 is 0 Å². The third-order valence-electron chi connectivity index (χ3n) is 5.52. The van der Waals surface area contributed by atoms with Crippen LogP contribution in [0.5, 0.6) is 11.5 Å². The number of carbonyl (C=O) groups excluding carboxylic acids is 1. The summed E-state index contributed by atoms with van der Waals surface area (Å²) < 4.78 is 10.6. The van der Waals surface area contributed by atoms with Crippen LogP contribution in [0.25, 0.3) is 0 Å². The largest absolute Gasteiger partial charge is 0.493 e. The predicted molar refractivity (Wildman–Crippen MR) is 101 cm³/mol. The molecule has 0 aromatic heterocycles. The molecule has 4 nitrogen and oxygen atoms in total. The van der Waals surface area contributed by atoms with Crippen LogP contribution in [0.1, 0.15) is 45.6 Å². The lowest BCUT2D eigenvalue weighted by molar-refractivity contribution is -0.129. The van der Waals surface area contributed by atoms with Crippen molar-refractivity contribution >= 4 is 5.91 Å². The van der Waals surface area contributed by atoms with Crippen molar-refractivity contribution in [2.45, 2.75) is 46.5 Å². The van der Waals surface area contributed by atoms with E-state index in [0.29, 0.717) is 24.3 Å². The average molecular weight is 347 g/mol. The highest BCUT2D eigenvalue weighted by molar-refractivity contribution is 5.79. The molecule has 1 N–H and O–H groups in total. The van der Waals surface area contributed by atoms with Gasteiger partial charge in [-0.1, -0.05) is 33.3 Å². The molecule has 1 fully saturated rings. The Labute approximate surface area is 152 Å². The monoisotopic (exact) mass is 347 g/mol. The first-order valence-electron chi connectivity index (χ1n) is 9.44. The Hall–Kier alpha value is -1.71. The second kappa shape index (κ2) is 9.12. The minimum Gasteiger partial charge on any atom is -0.493 e. The lowest BCUT2D eigenvalue weighted by Crippen LogP contribution is -2.40. The van der Waals surface area contributed by atoms with E-state index in [1.807, 2.05) is 18.2 Å². The van der Waals surface area contributed by atoms with Crippen molar-refractivity contribution in [1.82, 2.24) is 5.32 Å². The highest BCUT2D eigenvalue weighted by Crippen LogP contribution is 2.38. The van der Waals surface area contributed by atoms with Gasteiger partial charge in [0.05, 0.1) is 14.2 Å². The van der Waals surface area contributed by atoms with Gasteiger partial charge in [-0.15, -0.1) is 0 Å². The van der Waals surface area contributed by atoms with Crippen molar-refractivity contribution in [1.29, 1.82) is 0 Å². The summed E-state index contributed by atoms with van der Waals surface area (Å²) in [6.07, 6.45) is 4.23. The van der Waals surface area contributed by atoms with E-state index in [0.717, 1.165) is 29.9 Å². The molecule has 1 amide bonds. The standard InChI is InChI=1S/C21H33NO3/c1-14(2)17-8-6-15(3)12-18(17)21(23)22-11-10-16-7-9-19(24-4)20(13-16)25-5/h7,9,13-15,17-18H,6,8,10-12H2,1-5H3,(H,22,23)/t15-,17-,18-/m1/s1. The maximum Gasteiger partial charge on any atom is 0.223 e. The van der Waals surface area contributed by atoms with Crippen molar-refractivity contribution in [3.63, 3.8) is 0 Å². The molecule has 25 heavy (non-hydrogen) atoms. The van der Waals surface area contributed by atoms with Gasteiger partial charge in [0.15, 0.2) is 11.5 Å². The van der Waals surface area contributed by atoms with Crippen LogP contribution >= 0.6 is 0 Å². The van der Waals surface area contributed by atoms with Gasteiger partial charge >= 0.3 is 0 Å². The van der Waals surface area contributed by atoms with Crippen LogP contribution in [0.3, 0.4) is 0 Å². The van der Waals surface area contributed by atoms with Crippen LogP contribution in [-0.2, 0) is 11.2 Å². The first-order chi connectivity index (χ1) is 12.0. The Morgan fingerprint density at radius 2 is 1.92 bits per heavy atom. The van der Waals surface area contributed by atoms with Crippen molar-refractivity contribution < 1.29 is 14.3 Å². The molecule has 3 atom stereocenters. The van der Waals surface area contributed by atoms with Gasteiger partial charge in [-0.05, 0) is 54.7 Å². The molecule has 0 aliphatic heterocycles. The first-order valence-corrected chi connectivity index (χ1v) is 9.44. The summed E-state index contributed by atoms with van der Waals surface area (Å²) in [5.41, 5.74) is 1.13. The van der Waals surface area contributed by atoms with Crippen LogP contribution in [0.2, 0.25) is 0 Å². The fourth-order valence-corrected chi connectivity index (χ4v) is 4.00. The van der Waals surface area contributed by atoms with Crippen LogP contribution in [0.4, 0.5) is 0 Å². The van der Waals surface area contributed by atoms with Gasteiger partial charge in [-0.2, -0.15) is 0 Å². The fourth-order valence-electron chi connectivity index (χ4n) is 4.00. The second-order valence-electron chi connectivity index (χ2n) is 7.66. The minimum atomic E-state index is 0.161. The van der Waals surface area contributed by atoms with E-state index >= 15 is 0 Å². The molecule has 0 saturated heterocycles.